The van der Waals surface area contributed by atoms with Gasteiger partial charge in [0.2, 0.25) is 0 Å². The molecule has 0 unspecified atom stereocenters. The molecule has 0 atom stereocenters. The van der Waals surface area contributed by atoms with E-state index in [9.17, 15) is 4.79 Å². The lowest BCUT2D eigenvalue weighted by Gasteiger charge is -2.02. The molecule has 1 heterocycles. The molecular weight excluding hydrogens is 291 g/mol. The van der Waals surface area contributed by atoms with E-state index in [0.29, 0.717) is 0 Å². The number of aromatic nitrogens is 2. The molecular formula is C10H7IN2O. The number of hydrogen-bond donors (Lipinski definition) is 0. The fourth-order valence-corrected chi connectivity index (χ4v) is 1.54. The van der Waals surface area contributed by atoms with E-state index in [-0.39, 0.29) is 5.56 Å². The van der Waals surface area contributed by atoms with Gasteiger partial charge in [0, 0.05) is 9.64 Å². The van der Waals surface area contributed by atoms with E-state index in [2.05, 4.69) is 27.7 Å². The predicted octanol–water partition coefficient (Wildman–Crippen LogP) is 1.84. The van der Waals surface area contributed by atoms with Crippen molar-refractivity contribution >= 4 is 22.6 Å². The van der Waals surface area contributed by atoms with Crippen molar-refractivity contribution in [3.63, 3.8) is 0 Å². The summed E-state index contributed by atoms with van der Waals surface area (Å²) < 4.78 is 2.22. The Morgan fingerprint density at radius 3 is 2.57 bits per heavy atom. The Bertz CT molecular complexity index is 493. The molecule has 0 amide bonds. The molecule has 0 saturated carbocycles. The van der Waals surface area contributed by atoms with Gasteiger partial charge in [-0.15, -0.1) is 0 Å². The molecule has 0 spiro atoms. The number of benzene rings is 1. The monoisotopic (exact) mass is 298 g/mol. The zero-order valence-electron chi connectivity index (χ0n) is 7.22. The highest BCUT2D eigenvalue weighted by Gasteiger charge is 1.99. The zero-order valence-corrected chi connectivity index (χ0v) is 9.38. The van der Waals surface area contributed by atoms with Gasteiger partial charge >= 0.3 is 0 Å². The second-order valence-electron chi connectivity index (χ2n) is 2.76. The quantitative estimate of drug-likeness (QED) is 0.753. The molecule has 2 aromatic rings. The summed E-state index contributed by atoms with van der Waals surface area (Å²) in [5.41, 5.74) is 0.678. The fourth-order valence-electron chi connectivity index (χ4n) is 1.15. The molecule has 0 bridgehead atoms. The zero-order chi connectivity index (χ0) is 9.97. The van der Waals surface area contributed by atoms with Crippen LogP contribution in [0.1, 0.15) is 0 Å². The summed E-state index contributed by atoms with van der Waals surface area (Å²) in [4.78, 5) is 11.5. The molecule has 1 aromatic carbocycles. The smallest absolute Gasteiger partial charge is 0.267 e. The Morgan fingerprint density at radius 1 is 1.21 bits per heavy atom. The van der Waals surface area contributed by atoms with E-state index in [1.165, 1.54) is 4.68 Å². The third-order valence-corrected chi connectivity index (χ3v) is 2.36. The van der Waals surface area contributed by atoms with Crippen molar-refractivity contribution in [2.45, 2.75) is 0 Å². The van der Waals surface area contributed by atoms with Gasteiger partial charge < -0.3 is 0 Å². The minimum absolute atomic E-state index is 0.108. The van der Waals surface area contributed by atoms with Crippen LogP contribution in [0.2, 0.25) is 0 Å². The predicted molar refractivity (Wildman–Crippen MR) is 62.6 cm³/mol. The Labute approximate surface area is 94.5 Å². The molecule has 0 aliphatic carbocycles. The molecule has 0 aliphatic rings. The van der Waals surface area contributed by atoms with E-state index in [1.807, 2.05) is 30.3 Å². The maximum atomic E-state index is 11.5. The summed E-state index contributed by atoms with van der Waals surface area (Å²) in [5, 5.41) is 4.04. The normalized spacial score (nSPS) is 10.1. The molecule has 14 heavy (non-hydrogen) atoms. The van der Waals surface area contributed by atoms with Crippen LogP contribution in [0, 0.1) is 3.57 Å². The number of halogens is 1. The Kier molecular flexibility index (Phi) is 2.62. The number of nitrogens with zero attached hydrogens (tertiary/aromatic N) is 2. The van der Waals surface area contributed by atoms with E-state index >= 15 is 0 Å². The average Bonchev–Trinajstić information content (AvgIpc) is 2.19. The van der Waals surface area contributed by atoms with E-state index in [4.69, 9.17) is 0 Å². The van der Waals surface area contributed by atoms with Crippen LogP contribution in [-0.4, -0.2) is 9.78 Å². The lowest BCUT2D eigenvalue weighted by Crippen LogP contribution is -2.20. The topological polar surface area (TPSA) is 34.9 Å². The van der Waals surface area contributed by atoms with Crippen molar-refractivity contribution < 1.29 is 0 Å². The fraction of sp³-hybridized carbons (Fsp3) is 0. The van der Waals surface area contributed by atoms with Crippen LogP contribution in [0.5, 0.6) is 0 Å². The van der Waals surface area contributed by atoms with Crippen molar-refractivity contribution in [2.24, 2.45) is 0 Å². The molecule has 0 fully saturated rings. The molecule has 2 rings (SSSR count). The molecule has 4 heteroatoms. The van der Waals surface area contributed by atoms with Gasteiger partial charge in [0.1, 0.15) is 0 Å². The lowest BCUT2D eigenvalue weighted by molar-refractivity contribution is 0.802. The van der Waals surface area contributed by atoms with Crippen LogP contribution < -0.4 is 5.56 Å². The summed E-state index contributed by atoms with van der Waals surface area (Å²) in [6, 6.07) is 10.9. The molecule has 70 valence electrons. The molecule has 0 saturated heterocycles. The van der Waals surface area contributed by atoms with Crippen LogP contribution in [0.3, 0.4) is 0 Å². The summed E-state index contributed by atoms with van der Waals surface area (Å²) in [6.45, 7) is 0. The van der Waals surface area contributed by atoms with E-state index in [0.717, 1.165) is 9.26 Å². The lowest BCUT2D eigenvalue weighted by atomic mass is 10.3. The van der Waals surface area contributed by atoms with Gasteiger partial charge in [-0.05, 0) is 34.7 Å². The third-order valence-electron chi connectivity index (χ3n) is 1.77. The minimum Gasteiger partial charge on any atom is -0.267 e. The SMILES string of the molecule is O=c1cc(I)cnn1-c1ccccc1. The first kappa shape index (κ1) is 9.39. The minimum atomic E-state index is -0.108. The molecule has 0 aliphatic heterocycles. The van der Waals surface area contributed by atoms with Crippen LogP contribution in [0.15, 0.2) is 47.4 Å². The largest absolute Gasteiger partial charge is 0.272 e. The Hall–Kier alpha value is -1.17. The van der Waals surface area contributed by atoms with Crippen molar-refractivity contribution in [2.75, 3.05) is 0 Å². The van der Waals surface area contributed by atoms with Gasteiger partial charge in [-0.3, -0.25) is 4.79 Å². The van der Waals surface area contributed by atoms with Crippen molar-refractivity contribution in [3.05, 3.63) is 56.5 Å². The third kappa shape index (κ3) is 1.84. The first-order valence-electron chi connectivity index (χ1n) is 4.08. The molecule has 0 radical (unpaired) electrons. The van der Waals surface area contributed by atoms with Crippen LogP contribution >= 0.6 is 22.6 Å². The summed E-state index contributed by atoms with van der Waals surface area (Å²) >= 11 is 2.07. The average molecular weight is 298 g/mol. The molecule has 1 aromatic heterocycles. The molecule has 0 N–H and O–H groups in total. The van der Waals surface area contributed by atoms with Gasteiger partial charge in [0.05, 0.1) is 11.9 Å². The number of rotatable bonds is 1. The number of hydrogen-bond acceptors (Lipinski definition) is 2. The van der Waals surface area contributed by atoms with Crippen LogP contribution in [0.4, 0.5) is 0 Å². The van der Waals surface area contributed by atoms with Crippen LogP contribution in [0.25, 0.3) is 5.69 Å². The van der Waals surface area contributed by atoms with Gasteiger partial charge in [0.25, 0.3) is 5.56 Å². The van der Waals surface area contributed by atoms with Crippen molar-refractivity contribution in [1.29, 1.82) is 0 Å². The van der Waals surface area contributed by atoms with Gasteiger partial charge in [0.15, 0.2) is 0 Å². The highest BCUT2D eigenvalue weighted by atomic mass is 127. The summed E-state index contributed by atoms with van der Waals surface area (Å²) in [5.74, 6) is 0. The molecule has 3 nitrogen and oxygen atoms in total. The summed E-state index contributed by atoms with van der Waals surface area (Å²) in [7, 11) is 0. The van der Waals surface area contributed by atoms with Crippen molar-refractivity contribution in [1.82, 2.24) is 9.78 Å². The van der Waals surface area contributed by atoms with E-state index in [1.54, 1.807) is 12.3 Å². The maximum Gasteiger partial charge on any atom is 0.272 e. The van der Waals surface area contributed by atoms with Gasteiger partial charge in [-0.1, -0.05) is 18.2 Å². The highest BCUT2D eigenvalue weighted by Crippen LogP contribution is 2.03. The first-order valence-corrected chi connectivity index (χ1v) is 5.15. The first-order chi connectivity index (χ1) is 6.77. The second-order valence-corrected chi connectivity index (χ2v) is 4.01. The number of para-hydroxylation sites is 1. The maximum absolute atomic E-state index is 11.5. The van der Waals surface area contributed by atoms with Gasteiger partial charge in [-0.2, -0.15) is 9.78 Å². The standard InChI is InChI=1S/C10H7IN2O/c11-8-6-10(14)13(12-7-8)9-4-2-1-3-5-9/h1-7H. The van der Waals surface area contributed by atoms with Crippen molar-refractivity contribution in [3.8, 4) is 5.69 Å². The Balaban J connectivity index is 2.59. The van der Waals surface area contributed by atoms with Crippen LogP contribution in [-0.2, 0) is 0 Å². The van der Waals surface area contributed by atoms with Gasteiger partial charge in [-0.25, -0.2) is 0 Å². The summed E-state index contributed by atoms with van der Waals surface area (Å²) in [6.07, 6.45) is 1.66. The second kappa shape index (κ2) is 3.91. The Morgan fingerprint density at radius 2 is 1.93 bits per heavy atom. The van der Waals surface area contributed by atoms with E-state index < -0.39 is 0 Å². The highest BCUT2D eigenvalue weighted by molar-refractivity contribution is 14.1.